The first kappa shape index (κ1) is 12.1. The molecule has 0 radical (unpaired) electrons. The van der Waals surface area contributed by atoms with Crippen LogP contribution in [0.25, 0.3) is 0 Å². The fraction of sp³-hybridized carbons (Fsp3) is 0. The highest BCUT2D eigenvalue weighted by Crippen LogP contribution is 2.13. The van der Waals surface area contributed by atoms with E-state index in [1.807, 2.05) is 0 Å². The van der Waals surface area contributed by atoms with Crippen LogP contribution in [0.4, 0.5) is 5.69 Å². The smallest absolute Gasteiger partial charge is 0.318 e. The predicted molar refractivity (Wildman–Crippen MR) is 64.5 cm³/mol. The average molecular weight is 266 g/mol. The van der Waals surface area contributed by atoms with E-state index in [2.05, 4.69) is 20.9 Å². The van der Waals surface area contributed by atoms with Gasteiger partial charge >= 0.3 is 11.8 Å². The predicted octanol–water partition coefficient (Wildman–Crippen LogP) is 0.640. The van der Waals surface area contributed by atoms with E-state index in [1.165, 1.54) is 17.3 Å². The Bertz CT molecular complexity index is 552. The van der Waals surface area contributed by atoms with Crippen molar-refractivity contribution in [3.63, 3.8) is 0 Å². The SMILES string of the molecule is O=C(Nc1ccc(Cl)cc1)C(=O)Nn1cnnc1. The van der Waals surface area contributed by atoms with Crippen molar-refractivity contribution in [1.82, 2.24) is 14.9 Å². The molecule has 0 spiro atoms. The molecule has 7 nitrogen and oxygen atoms in total. The maximum atomic E-state index is 11.5. The summed E-state index contributed by atoms with van der Waals surface area (Å²) in [5.41, 5.74) is 2.74. The molecular formula is C10H8ClN5O2. The third-order valence-electron chi connectivity index (χ3n) is 1.96. The van der Waals surface area contributed by atoms with Crippen LogP contribution in [0, 0.1) is 0 Å². The van der Waals surface area contributed by atoms with Crippen LogP contribution in [-0.2, 0) is 9.59 Å². The minimum absolute atomic E-state index is 0.475. The molecule has 2 rings (SSSR count). The van der Waals surface area contributed by atoms with E-state index >= 15 is 0 Å². The third kappa shape index (κ3) is 3.05. The number of carbonyl (C=O) groups is 2. The number of rotatable bonds is 2. The molecule has 2 aromatic rings. The lowest BCUT2D eigenvalue weighted by molar-refractivity contribution is -0.133. The Hall–Kier alpha value is -2.41. The standard InChI is InChI=1S/C10H8ClN5O2/c11-7-1-3-8(4-2-7)14-9(17)10(18)15-16-5-12-13-6-16/h1-6H,(H,14,17)(H,15,18). The van der Waals surface area contributed by atoms with Gasteiger partial charge in [-0.1, -0.05) is 11.6 Å². The second-order valence-corrected chi connectivity index (χ2v) is 3.71. The van der Waals surface area contributed by atoms with Crippen LogP contribution in [0.15, 0.2) is 36.9 Å². The second kappa shape index (κ2) is 5.28. The highest BCUT2D eigenvalue weighted by Gasteiger charge is 2.13. The lowest BCUT2D eigenvalue weighted by Gasteiger charge is -2.06. The molecule has 8 heteroatoms. The number of amides is 2. The van der Waals surface area contributed by atoms with Crippen molar-refractivity contribution >= 4 is 29.1 Å². The van der Waals surface area contributed by atoms with Crippen molar-refractivity contribution in [1.29, 1.82) is 0 Å². The molecule has 0 bridgehead atoms. The molecule has 1 heterocycles. The summed E-state index contributed by atoms with van der Waals surface area (Å²) in [6, 6.07) is 6.39. The van der Waals surface area contributed by atoms with Crippen molar-refractivity contribution in [2.45, 2.75) is 0 Å². The summed E-state index contributed by atoms with van der Waals surface area (Å²) in [6.07, 6.45) is 2.51. The molecule has 1 aromatic carbocycles. The zero-order valence-electron chi connectivity index (χ0n) is 9.00. The van der Waals surface area contributed by atoms with Crippen LogP contribution in [0.3, 0.4) is 0 Å². The molecular weight excluding hydrogens is 258 g/mol. The highest BCUT2D eigenvalue weighted by atomic mass is 35.5. The molecule has 1 aromatic heterocycles. The maximum absolute atomic E-state index is 11.5. The Labute approximate surface area is 107 Å². The lowest BCUT2D eigenvalue weighted by Crippen LogP contribution is -2.33. The molecule has 0 aliphatic carbocycles. The Morgan fingerprint density at radius 3 is 2.28 bits per heavy atom. The monoisotopic (exact) mass is 265 g/mol. The molecule has 0 aliphatic rings. The van der Waals surface area contributed by atoms with Gasteiger partial charge < -0.3 is 5.32 Å². The Morgan fingerprint density at radius 1 is 1.06 bits per heavy atom. The number of aromatic nitrogens is 3. The van der Waals surface area contributed by atoms with Crippen molar-refractivity contribution in [3.8, 4) is 0 Å². The zero-order valence-corrected chi connectivity index (χ0v) is 9.76. The molecule has 0 unspecified atom stereocenters. The number of halogens is 1. The molecule has 0 fully saturated rings. The number of carbonyl (C=O) groups excluding carboxylic acids is 2. The first-order valence-corrected chi connectivity index (χ1v) is 5.25. The van der Waals surface area contributed by atoms with Gasteiger partial charge in [0.1, 0.15) is 12.7 Å². The summed E-state index contributed by atoms with van der Waals surface area (Å²) in [5, 5.41) is 9.92. The third-order valence-corrected chi connectivity index (χ3v) is 2.21. The van der Waals surface area contributed by atoms with E-state index in [0.717, 1.165) is 0 Å². The maximum Gasteiger partial charge on any atom is 0.328 e. The van der Waals surface area contributed by atoms with Crippen LogP contribution < -0.4 is 10.7 Å². The summed E-state index contributed by atoms with van der Waals surface area (Å²) >= 11 is 5.70. The fourth-order valence-corrected chi connectivity index (χ4v) is 1.27. The van der Waals surface area contributed by atoms with E-state index in [0.29, 0.717) is 10.7 Å². The molecule has 0 saturated carbocycles. The van der Waals surface area contributed by atoms with Gasteiger partial charge in [-0.05, 0) is 24.3 Å². The van der Waals surface area contributed by atoms with Gasteiger partial charge in [0.25, 0.3) is 0 Å². The fourth-order valence-electron chi connectivity index (χ4n) is 1.15. The zero-order chi connectivity index (χ0) is 13.0. The first-order chi connectivity index (χ1) is 8.65. The van der Waals surface area contributed by atoms with Crippen LogP contribution in [0.1, 0.15) is 0 Å². The van der Waals surface area contributed by atoms with E-state index in [9.17, 15) is 9.59 Å². The summed E-state index contributed by atoms with van der Waals surface area (Å²) in [4.78, 5) is 23.0. The Morgan fingerprint density at radius 2 is 1.67 bits per heavy atom. The normalized spacial score (nSPS) is 9.83. The number of nitrogens with one attached hydrogen (secondary N) is 2. The molecule has 2 amide bonds. The van der Waals surface area contributed by atoms with Gasteiger partial charge in [-0.25, -0.2) is 4.68 Å². The Balaban J connectivity index is 1.95. The highest BCUT2D eigenvalue weighted by molar-refractivity contribution is 6.42. The van der Waals surface area contributed by atoms with E-state index < -0.39 is 11.8 Å². The minimum atomic E-state index is -0.829. The number of hydrogen-bond donors (Lipinski definition) is 2. The molecule has 92 valence electrons. The van der Waals surface area contributed by atoms with Crippen molar-refractivity contribution in [2.24, 2.45) is 0 Å². The number of benzene rings is 1. The lowest BCUT2D eigenvalue weighted by atomic mass is 10.3. The minimum Gasteiger partial charge on any atom is -0.318 e. The summed E-state index contributed by atoms with van der Waals surface area (Å²) in [6.45, 7) is 0. The van der Waals surface area contributed by atoms with Gasteiger partial charge in [0.15, 0.2) is 0 Å². The van der Waals surface area contributed by atoms with Crippen LogP contribution in [-0.4, -0.2) is 26.7 Å². The Kier molecular flexibility index (Phi) is 3.54. The van der Waals surface area contributed by atoms with Crippen molar-refractivity contribution in [3.05, 3.63) is 41.9 Å². The summed E-state index contributed by atoms with van der Waals surface area (Å²) in [7, 11) is 0. The molecule has 18 heavy (non-hydrogen) atoms. The second-order valence-electron chi connectivity index (χ2n) is 3.27. The van der Waals surface area contributed by atoms with Gasteiger partial charge in [-0.2, -0.15) is 0 Å². The summed E-state index contributed by atoms with van der Waals surface area (Å²) in [5.74, 6) is -1.63. The van der Waals surface area contributed by atoms with Gasteiger partial charge in [-0.3, -0.25) is 15.0 Å². The van der Waals surface area contributed by atoms with Gasteiger partial charge in [0, 0.05) is 10.7 Å². The van der Waals surface area contributed by atoms with Crippen molar-refractivity contribution in [2.75, 3.05) is 10.7 Å². The molecule has 2 N–H and O–H groups in total. The van der Waals surface area contributed by atoms with E-state index in [-0.39, 0.29) is 0 Å². The van der Waals surface area contributed by atoms with Gasteiger partial charge in [0.2, 0.25) is 0 Å². The number of anilines is 1. The average Bonchev–Trinajstić information content (AvgIpc) is 2.85. The topological polar surface area (TPSA) is 88.9 Å². The number of nitrogens with zero attached hydrogens (tertiary/aromatic N) is 3. The van der Waals surface area contributed by atoms with Gasteiger partial charge in [0.05, 0.1) is 0 Å². The molecule has 0 atom stereocenters. The van der Waals surface area contributed by atoms with E-state index in [4.69, 9.17) is 11.6 Å². The summed E-state index contributed by atoms with van der Waals surface area (Å²) < 4.78 is 1.17. The van der Waals surface area contributed by atoms with Gasteiger partial charge in [-0.15, -0.1) is 10.2 Å². The first-order valence-electron chi connectivity index (χ1n) is 4.88. The van der Waals surface area contributed by atoms with E-state index in [1.54, 1.807) is 24.3 Å². The largest absolute Gasteiger partial charge is 0.328 e. The molecule has 0 saturated heterocycles. The number of hydrogen-bond acceptors (Lipinski definition) is 4. The van der Waals surface area contributed by atoms with Crippen LogP contribution in [0.2, 0.25) is 5.02 Å². The van der Waals surface area contributed by atoms with Crippen molar-refractivity contribution < 1.29 is 9.59 Å². The van der Waals surface area contributed by atoms with Crippen LogP contribution >= 0.6 is 11.6 Å². The molecule has 0 aliphatic heterocycles. The quantitative estimate of drug-likeness (QED) is 0.780. The van der Waals surface area contributed by atoms with Crippen LogP contribution in [0.5, 0.6) is 0 Å².